The van der Waals surface area contributed by atoms with Crippen LogP contribution in [0.5, 0.6) is 0 Å². The minimum atomic E-state index is 0.160. The van der Waals surface area contributed by atoms with Crippen molar-refractivity contribution in [1.29, 1.82) is 0 Å². The SMILES string of the molecule is CNCC1(CNC(=O)CCc2cccc(Br)c2)CCC1. The van der Waals surface area contributed by atoms with Gasteiger partial charge in [-0.05, 0) is 44.0 Å². The zero-order valence-electron chi connectivity index (χ0n) is 12.0. The van der Waals surface area contributed by atoms with E-state index in [1.54, 1.807) is 0 Å². The van der Waals surface area contributed by atoms with Crippen LogP contribution in [0.1, 0.15) is 31.2 Å². The van der Waals surface area contributed by atoms with Crippen molar-refractivity contribution in [1.82, 2.24) is 10.6 Å². The molecule has 3 nitrogen and oxygen atoms in total. The Morgan fingerprint density at radius 2 is 2.15 bits per heavy atom. The van der Waals surface area contributed by atoms with E-state index in [1.807, 2.05) is 19.2 Å². The normalized spacial score (nSPS) is 16.5. The maximum absolute atomic E-state index is 11.9. The fraction of sp³-hybridized carbons (Fsp3) is 0.562. The monoisotopic (exact) mass is 338 g/mol. The zero-order valence-corrected chi connectivity index (χ0v) is 13.6. The van der Waals surface area contributed by atoms with Crippen LogP contribution in [0, 0.1) is 5.41 Å². The number of benzene rings is 1. The van der Waals surface area contributed by atoms with Crippen molar-refractivity contribution in [2.24, 2.45) is 5.41 Å². The standard InChI is InChI=1S/C16H23BrN2O/c1-18-11-16(8-3-9-16)12-19-15(20)7-6-13-4-2-5-14(17)10-13/h2,4-5,10,18H,3,6-9,11-12H2,1H3,(H,19,20). The molecular weight excluding hydrogens is 316 g/mol. The van der Waals surface area contributed by atoms with Crippen LogP contribution < -0.4 is 10.6 Å². The molecule has 0 saturated heterocycles. The molecule has 4 heteroatoms. The van der Waals surface area contributed by atoms with Gasteiger partial charge in [-0.15, -0.1) is 0 Å². The van der Waals surface area contributed by atoms with Gasteiger partial charge in [-0.25, -0.2) is 0 Å². The molecule has 1 aromatic rings. The number of carbonyl (C=O) groups excluding carboxylic acids is 1. The first-order chi connectivity index (χ1) is 9.63. The molecule has 0 radical (unpaired) electrons. The summed E-state index contributed by atoms with van der Waals surface area (Å²) in [7, 11) is 1.98. The number of aryl methyl sites for hydroxylation is 1. The lowest BCUT2D eigenvalue weighted by Crippen LogP contribution is -2.47. The summed E-state index contributed by atoms with van der Waals surface area (Å²) >= 11 is 3.45. The van der Waals surface area contributed by atoms with Gasteiger partial charge in [-0.2, -0.15) is 0 Å². The molecule has 2 rings (SSSR count). The number of carbonyl (C=O) groups is 1. The summed E-state index contributed by atoms with van der Waals surface area (Å²) in [5.74, 6) is 0.160. The number of halogens is 1. The largest absolute Gasteiger partial charge is 0.355 e. The lowest BCUT2D eigenvalue weighted by Gasteiger charge is -2.42. The minimum absolute atomic E-state index is 0.160. The second kappa shape index (κ2) is 7.23. The van der Waals surface area contributed by atoms with Gasteiger partial charge in [0, 0.05) is 29.4 Å². The van der Waals surface area contributed by atoms with Crippen molar-refractivity contribution in [2.45, 2.75) is 32.1 Å². The molecule has 1 amide bonds. The average molecular weight is 339 g/mol. The highest BCUT2D eigenvalue weighted by molar-refractivity contribution is 9.10. The first-order valence-corrected chi connectivity index (χ1v) is 8.09. The van der Waals surface area contributed by atoms with E-state index in [2.05, 4.69) is 38.7 Å². The first-order valence-electron chi connectivity index (χ1n) is 7.29. The van der Waals surface area contributed by atoms with Crippen LogP contribution in [0.3, 0.4) is 0 Å². The Balaban J connectivity index is 1.73. The molecule has 1 saturated carbocycles. The Hall–Kier alpha value is -0.870. The molecule has 1 fully saturated rings. The molecule has 0 aliphatic heterocycles. The molecular formula is C16H23BrN2O. The Morgan fingerprint density at radius 1 is 1.35 bits per heavy atom. The van der Waals surface area contributed by atoms with E-state index in [0.29, 0.717) is 11.8 Å². The van der Waals surface area contributed by atoms with Crippen molar-refractivity contribution < 1.29 is 4.79 Å². The molecule has 1 aliphatic carbocycles. The summed E-state index contributed by atoms with van der Waals surface area (Å²) in [6.07, 6.45) is 5.09. The lowest BCUT2D eigenvalue weighted by atomic mass is 9.68. The molecule has 1 aromatic carbocycles. The molecule has 1 aliphatic rings. The third-order valence-corrected chi connectivity index (χ3v) is 4.65. The van der Waals surface area contributed by atoms with Gasteiger partial charge in [0.25, 0.3) is 0 Å². The van der Waals surface area contributed by atoms with Crippen LogP contribution in [0.4, 0.5) is 0 Å². The maximum atomic E-state index is 11.9. The van der Waals surface area contributed by atoms with Gasteiger partial charge in [-0.3, -0.25) is 4.79 Å². The number of amides is 1. The van der Waals surface area contributed by atoms with Gasteiger partial charge in [0.05, 0.1) is 0 Å². The second-order valence-electron chi connectivity index (χ2n) is 5.79. The van der Waals surface area contributed by atoms with E-state index < -0.39 is 0 Å². The van der Waals surface area contributed by atoms with Gasteiger partial charge >= 0.3 is 0 Å². The summed E-state index contributed by atoms with van der Waals surface area (Å²) in [5.41, 5.74) is 1.50. The third kappa shape index (κ3) is 4.32. The van der Waals surface area contributed by atoms with Crippen LogP contribution in [0.2, 0.25) is 0 Å². The predicted molar refractivity (Wildman–Crippen MR) is 85.7 cm³/mol. The van der Waals surface area contributed by atoms with Crippen LogP contribution in [0.15, 0.2) is 28.7 Å². The van der Waals surface area contributed by atoms with Crippen LogP contribution in [-0.2, 0) is 11.2 Å². The molecule has 0 unspecified atom stereocenters. The summed E-state index contributed by atoms with van der Waals surface area (Å²) in [4.78, 5) is 11.9. The molecule has 0 spiro atoms. The van der Waals surface area contributed by atoms with E-state index in [0.717, 1.165) is 24.0 Å². The van der Waals surface area contributed by atoms with E-state index in [9.17, 15) is 4.79 Å². The molecule has 20 heavy (non-hydrogen) atoms. The molecule has 0 aromatic heterocycles. The molecule has 110 valence electrons. The second-order valence-corrected chi connectivity index (χ2v) is 6.71. The lowest BCUT2D eigenvalue weighted by molar-refractivity contribution is -0.121. The highest BCUT2D eigenvalue weighted by Crippen LogP contribution is 2.39. The first kappa shape index (κ1) is 15.5. The summed E-state index contributed by atoms with van der Waals surface area (Å²) in [6.45, 7) is 1.81. The van der Waals surface area contributed by atoms with E-state index >= 15 is 0 Å². The van der Waals surface area contributed by atoms with Crippen LogP contribution in [0.25, 0.3) is 0 Å². The van der Waals surface area contributed by atoms with Crippen LogP contribution >= 0.6 is 15.9 Å². The Bertz CT molecular complexity index is 458. The van der Waals surface area contributed by atoms with Crippen molar-refractivity contribution in [3.05, 3.63) is 34.3 Å². The maximum Gasteiger partial charge on any atom is 0.220 e. The Morgan fingerprint density at radius 3 is 2.75 bits per heavy atom. The van der Waals surface area contributed by atoms with Crippen molar-refractivity contribution in [3.63, 3.8) is 0 Å². The molecule has 0 bridgehead atoms. The molecule has 0 atom stereocenters. The molecule has 2 N–H and O–H groups in total. The summed E-state index contributed by atoms with van der Waals surface area (Å²) < 4.78 is 1.07. The fourth-order valence-electron chi connectivity index (χ4n) is 2.79. The van der Waals surface area contributed by atoms with Crippen molar-refractivity contribution >= 4 is 21.8 Å². The fourth-order valence-corrected chi connectivity index (χ4v) is 3.24. The molecule has 0 heterocycles. The van der Waals surface area contributed by atoms with Crippen molar-refractivity contribution in [2.75, 3.05) is 20.1 Å². The number of hydrogen-bond donors (Lipinski definition) is 2. The zero-order chi connectivity index (χ0) is 14.4. The quantitative estimate of drug-likeness (QED) is 0.802. The Labute approximate surface area is 129 Å². The topological polar surface area (TPSA) is 41.1 Å². The average Bonchev–Trinajstić information content (AvgIpc) is 2.39. The number of hydrogen-bond acceptors (Lipinski definition) is 2. The van der Waals surface area contributed by atoms with E-state index in [-0.39, 0.29) is 5.91 Å². The number of rotatable bonds is 7. The highest BCUT2D eigenvalue weighted by atomic mass is 79.9. The van der Waals surface area contributed by atoms with Gasteiger partial charge in [0.2, 0.25) is 5.91 Å². The van der Waals surface area contributed by atoms with Crippen LogP contribution in [-0.4, -0.2) is 26.0 Å². The van der Waals surface area contributed by atoms with Gasteiger partial charge in [0.15, 0.2) is 0 Å². The van der Waals surface area contributed by atoms with Crippen molar-refractivity contribution in [3.8, 4) is 0 Å². The summed E-state index contributed by atoms with van der Waals surface area (Å²) in [5, 5.41) is 6.35. The van der Waals surface area contributed by atoms with Gasteiger partial charge in [-0.1, -0.05) is 34.5 Å². The smallest absolute Gasteiger partial charge is 0.220 e. The Kier molecular flexibility index (Phi) is 5.61. The predicted octanol–water partition coefficient (Wildman–Crippen LogP) is 2.89. The van der Waals surface area contributed by atoms with Gasteiger partial charge in [0.1, 0.15) is 0 Å². The van der Waals surface area contributed by atoms with E-state index in [1.165, 1.54) is 24.8 Å². The number of nitrogens with one attached hydrogen (secondary N) is 2. The highest BCUT2D eigenvalue weighted by Gasteiger charge is 2.36. The third-order valence-electron chi connectivity index (χ3n) is 4.16. The summed E-state index contributed by atoms with van der Waals surface area (Å²) in [6, 6.07) is 8.14. The minimum Gasteiger partial charge on any atom is -0.355 e. The van der Waals surface area contributed by atoms with Gasteiger partial charge < -0.3 is 10.6 Å². The van der Waals surface area contributed by atoms with E-state index in [4.69, 9.17) is 0 Å².